The zero-order chi connectivity index (χ0) is 26.5. The lowest BCUT2D eigenvalue weighted by Gasteiger charge is -2.17. The van der Waals surface area contributed by atoms with Crippen molar-refractivity contribution < 1.29 is 14.4 Å². The molecule has 4 rings (SSSR count). The summed E-state index contributed by atoms with van der Waals surface area (Å²) in [7, 11) is 0. The lowest BCUT2D eigenvalue weighted by atomic mass is 10.1. The molecule has 0 radical (unpaired) electrons. The Balaban J connectivity index is 1.52. The van der Waals surface area contributed by atoms with Crippen molar-refractivity contribution in [3.05, 3.63) is 64.1 Å². The summed E-state index contributed by atoms with van der Waals surface area (Å²) in [6, 6.07) is 13.1. The molecular weight excluding hydrogens is 502 g/mol. The van der Waals surface area contributed by atoms with Gasteiger partial charge in [0.15, 0.2) is 0 Å². The number of hydrogen-bond donors (Lipinski definition) is 1. The number of carbonyl (C=O) groups excluding carboxylic acids is 3. The lowest BCUT2D eigenvalue weighted by Crippen LogP contribution is -2.35. The second-order valence-electron chi connectivity index (χ2n) is 9.57. The van der Waals surface area contributed by atoms with E-state index in [1.807, 2.05) is 56.3 Å². The molecule has 3 amide bonds. The molecule has 0 spiro atoms. The van der Waals surface area contributed by atoms with Gasteiger partial charge in [-0.2, -0.15) is 0 Å². The van der Waals surface area contributed by atoms with Crippen LogP contribution in [0.15, 0.2) is 47.4 Å². The number of nitrogens with one attached hydrogen (secondary N) is 1. The molecule has 6 nitrogen and oxygen atoms in total. The van der Waals surface area contributed by atoms with Crippen LogP contribution in [0.2, 0.25) is 0 Å². The number of thioether (sulfide) groups is 1. The first-order valence-electron chi connectivity index (χ1n) is 12.9. The van der Waals surface area contributed by atoms with E-state index in [-0.39, 0.29) is 24.3 Å². The summed E-state index contributed by atoms with van der Waals surface area (Å²) in [6.07, 6.45) is 6.71. The second-order valence-corrected chi connectivity index (χ2v) is 11.2. The minimum Gasteiger partial charge on any atom is -0.324 e. The number of thiocarbonyl (C=S) groups is 1. The second kappa shape index (κ2) is 12.0. The highest BCUT2D eigenvalue weighted by Gasteiger charge is 2.42. The van der Waals surface area contributed by atoms with Crippen LogP contribution >= 0.6 is 24.0 Å². The van der Waals surface area contributed by atoms with Crippen molar-refractivity contribution in [2.24, 2.45) is 0 Å². The van der Waals surface area contributed by atoms with E-state index >= 15 is 0 Å². The van der Waals surface area contributed by atoms with Crippen molar-refractivity contribution in [3.8, 4) is 0 Å². The van der Waals surface area contributed by atoms with Gasteiger partial charge in [-0.15, -0.1) is 0 Å². The highest BCUT2D eigenvalue weighted by molar-refractivity contribution is 8.26. The Morgan fingerprint density at radius 2 is 1.68 bits per heavy atom. The fourth-order valence-corrected chi connectivity index (χ4v) is 6.03. The summed E-state index contributed by atoms with van der Waals surface area (Å²) in [5.41, 5.74) is 4.32. The molecule has 37 heavy (non-hydrogen) atoms. The molecule has 194 valence electrons. The van der Waals surface area contributed by atoms with Gasteiger partial charge in [0.2, 0.25) is 5.91 Å². The summed E-state index contributed by atoms with van der Waals surface area (Å²) in [5, 5.41) is 2.93. The molecule has 2 aliphatic heterocycles. The van der Waals surface area contributed by atoms with E-state index in [2.05, 4.69) is 12.2 Å². The van der Waals surface area contributed by atoms with Gasteiger partial charge in [-0.1, -0.05) is 93.3 Å². The fourth-order valence-electron chi connectivity index (χ4n) is 4.65. The molecule has 0 aromatic heterocycles. The monoisotopic (exact) mass is 535 g/mol. The average Bonchev–Trinajstić information content (AvgIpc) is 3.30. The van der Waals surface area contributed by atoms with Gasteiger partial charge in [0.05, 0.1) is 16.2 Å². The van der Waals surface area contributed by atoms with Gasteiger partial charge in [0, 0.05) is 17.8 Å². The molecule has 0 atom stereocenters. The van der Waals surface area contributed by atoms with Gasteiger partial charge in [0.25, 0.3) is 11.8 Å². The number of carbonyl (C=O) groups is 3. The Morgan fingerprint density at radius 1 is 0.946 bits per heavy atom. The van der Waals surface area contributed by atoms with Crippen molar-refractivity contribution in [2.45, 2.75) is 59.3 Å². The largest absolute Gasteiger partial charge is 0.324 e. The Bertz CT molecular complexity index is 1270. The summed E-state index contributed by atoms with van der Waals surface area (Å²) in [6.45, 7) is 6.49. The lowest BCUT2D eigenvalue weighted by molar-refractivity contribution is -0.122. The third kappa shape index (κ3) is 5.96. The van der Waals surface area contributed by atoms with Crippen LogP contribution in [0.25, 0.3) is 5.57 Å². The first-order chi connectivity index (χ1) is 17.8. The average molecular weight is 536 g/mol. The normalized spacial score (nSPS) is 17.1. The summed E-state index contributed by atoms with van der Waals surface area (Å²) in [4.78, 5) is 43.4. The Labute approximate surface area is 228 Å². The number of amides is 3. The zero-order valence-electron chi connectivity index (χ0n) is 21.6. The van der Waals surface area contributed by atoms with E-state index in [9.17, 15) is 14.4 Å². The van der Waals surface area contributed by atoms with Crippen LogP contribution in [0, 0.1) is 13.8 Å². The molecule has 2 heterocycles. The zero-order valence-corrected chi connectivity index (χ0v) is 23.3. The minimum absolute atomic E-state index is 0.148. The number of unbranched alkanes of at least 4 members (excludes halogenated alkanes) is 5. The first-order valence-corrected chi connectivity index (χ1v) is 14.1. The van der Waals surface area contributed by atoms with Crippen molar-refractivity contribution in [1.29, 1.82) is 0 Å². The van der Waals surface area contributed by atoms with Crippen molar-refractivity contribution in [2.75, 3.05) is 23.3 Å². The van der Waals surface area contributed by atoms with E-state index < -0.39 is 0 Å². The number of nitrogens with zero attached hydrogens (tertiary/aromatic N) is 2. The van der Waals surface area contributed by atoms with Crippen LogP contribution < -0.4 is 10.2 Å². The highest BCUT2D eigenvalue weighted by atomic mass is 32.2. The topological polar surface area (TPSA) is 69.7 Å². The molecule has 1 fully saturated rings. The SMILES string of the molecule is CCCCCCCCN1C(=O)/C(=C2/C(=O)N(CC(=O)Nc3cc(C)ccc3C)c3ccccc32)SC1=S. The molecular formula is C29H33N3O3S2. The van der Waals surface area contributed by atoms with E-state index in [0.29, 0.717) is 32.6 Å². The van der Waals surface area contributed by atoms with Crippen LogP contribution in [0.3, 0.4) is 0 Å². The smallest absolute Gasteiger partial charge is 0.267 e. The maximum absolute atomic E-state index is 13.6. The molecule has 0 unspecified atom stereocenters. The highest BCUT2D eigenvalue weighted by Crippen LogP contribution is 2.44. The predicted octanol–water partition coefficient (Wildman–Crippen LogP) is 6.22. The molecule has 0 aliphatic carbocycles. The molecule has 1 N–H and O–H groups in total. The van der Waals surface area contributed by atoms with Gasteiger partial charge in [-0.3, -0.25) is 24.2 Å². The maximum Gasteiger partial charge on any atom is 0.267 e. The van der Waals surface area contributed by atoms with E-state index in [0.717, 1.165) is 36.1 Å². The van der Waals surface area contributed by atoms with Gasteiger partial charge in [0.1, 0.15) is 10.9 Å². The number of rotatable bonds is 10. The third-order valence-corrected chi connectivity index (χ3v) is 8.15. The molecule has 2 aromatic carbocycles. The molecule has 2 aromatic rings. The molecule has 0 saturated carbocycles. The Hall–Kier alpha value is -2.97. The number of fused-ring (bicyclic) bond motifs is 1. The number of aryl methyl sites for hydroxylation is 2. The van der Waals surface area contributed by atoms with Crippen LogP contribution in [0.5, 0.6) is 0 Å². The van der Waals surface area contributed by atoms with E-state index in [1.54, 1.807) is 4.90 Å². The van der Waals surface area contributed by atoms with Crippen molar-refractivity contribution in [1.82, 2.24) is 4.90 Å². The van der Waals surface area contributed by atoms with Crippen LogP contribution in [-0.4, -0.2) is 40.0 Å². The molecule has 2 aliphatic rings. The summed E-state index contributed by atoms with van der Waals surface area (Å²) >= 11 is 6.71. The quantitative estimate of drug-likeness (QED) is 0.222. The third-order valence-electron chi connectivity index (χ3n) is 6.70. The van der Waals surface area contributed by atoms with Gasteiger partial charge in [-0.25, -0.2) is 0 Å². The standard InChI is InChI=1S/C29H33N3O3S2/c1-4-5-6-7-8-11-16-31-28(35)26(37-29(31)36)25-21-12-9-10-13-23(21)32(27(25)34)18-24(33)30-22-17-19(2)14-15-20(22)3/h9-10,12-15,17H,4-8,11,16,18H2,1-3H3,(H,30,33)/b26-25-. The van der Waals surface area contributed by atoms with E-state index in [1.165, 1.54) is 35.9 Å². The summed E-state index contributed by atoms with van der Waals surface area (Å²) < 4.78 is 0.484. The maximum atomic E-state index is 13.6. The van der Waals surface area contributed by atoms with Crippen LogP contribution in [-0.2, 0) is 14.4 Å². The van der Waals surface area contributed by atoms with Gasteiger partial charge >= 0.3 is 0 Å². The van der Waals surface area contributed by atoms with Crippen molar-refractivity contribution >= 4 is 63.0 Å². The number of para-hydroxylation sites is 1. The summed E-state index contributed by atoms with van der Waals surface area (Å²) in [5.74, 6) is -0.866. The Morgan fingerprint density at radius 3 is 2.46 bits per heavy atom. The van der Waals surface area contributed by atoms with Gasteiger partial charge < -0.3 is 5.32 Å². The molecule has 1 saturated heterocycles. The molecule has 0 bridgehead atoms. The van der Waals surface area contributed by atoms with Gasteiger partial charge in [-0.05, 0) is 43.5 Å². The first kappa shape index (κ1) is 27.1. The van der Waals surface area contributed by atoms with Crippen LogP contribution in [0.4, 0.5) is 11.4 Å². The minimum atomic E-state index is -0.350. The van der Waals surface area contributed by atoms with E-state index in [4.69, 9.17) is 12.2 Å². The predicted molar refractivity (Wildman–Crippen MR) is 156 cm³/mol. The van der Waals surface area contributed by atoms with Crippen molar-refractivity contribution in [3.63, 3.8) is 0 Å². The Kier molecular flexibility index (Phi) is 8.82. The number of benzene rings is 2. The number of anilines is 2. The molecule has 8 heteroatoms. The fraction of sp³-hybridized carbons (Fsp3) is 0.379. The number of hydrogen-bond acceptors (Lipinski definition) is 5. The van der Waals surface area contributed by atoms with Crippen LogP contribution in [0.1, 0.15) is 62.1 Å².